The van der Waals surface area contributed by atoms with Gasteiger partial charge in [-0.15, -0.1) is 0 Å². The summed E-state index contributed by atoms with van der Waals surface area (Å²) >= 11 is 0. The fraction of sp³-hybridized carbons (Fsp3) is 0.720. The number of hydrogen-bond acceptors (Lipinski definition) is 7. The molecule has 2 aliphatic heterocycles. The molecular formula is C25H42N4O5S. The Hall–Kier alpha value is -1.72. The molecule has 0 N–H and O–H groups in total. The van der Waals surface area contributed by atoms with E-state index in [0.717, 1.165) is 58.7 Å². The van der Waals surface area contributed by atoms with Gasteiger partial charge in [-0.25, -0.2) is 8.42 Å². The molecule has 0 radical (unpaired) electrons. The number of carbonyl (C=O) groups is 1. The van der Waals surface area contributed by atoms with Crippen LogP contribution in [-0.4, -0.2) is 120 Å². The number of amides is 1. The Balaban J connectivity index is 1.44. The van der Waals surface area contributed by atoms with Gasteiger partial charge in [0.2, 0.25) is 15.9 Å². The number of carbonyl (C=O) groups excluding carboxylic acids is 1. The van der Waals surface area contributed by atoms with Crippen molar-refractivity contribution in [3.8, 4) is 5.75 Å². The van der Waals surface area contributed by atoms with Gasteiger partial charge in [0.05, 0.1) is 18.6 Å². The molecule has 0 spiro atoms. The number of aryl methyl sites for hydroxylation is 2. The third kappa shape index (κ3) is 7.39. The minimum absolute atomic E-state index is 0.0135. The maximum absolute atomic E-state index is 13.1. The lowest BCUT2D eigenvalue weighted by Crippen LogP contribution is -2.49. The summed E-state index contributed by atoms with van der Waals surface area (Å²) in [5, 5.41) is 0. The largest absolute Gasteiger partial charge is 0.497 e. The van der Waals surface area contributed by atoms with E-state index in [1.165, 1.54) is 11.4 Å². The number of likely N-dealkylation sites (N-methyl/N-ethyl adjacent to an activating group) is 2. The first-order valence-electron chi connectivity index (χ1n) is 12.5. The van der Waals surface area contributed by atoms with E-state index in [1.807, 2.05) is 4.90 Å². The van der Waals surface area contributed by atoms with Crippen molar-refractivity contribution in [3.05, 3.63) is 23.3 Å². The van der Waals surface area contributed by atoms with Crippen LogP contribution in [0.15, 0.2) is 17.0 Å². The Bertz CT molecular complexity index is 940. The summed E-state index contributed by atoms with van der Waals surface area (Å²) in [7, 11) is 1.58. The monoisotopic (exact) mass is 510 g/mol. The molecule has 0 aliphatic carbocycles. The molecule has 1 amide bonds. The molecule has 10 heteroatoms. The molecule has 1 aromatic carbocycles. The molecule has 2 fully saturated rings. The average molecular weight is 511 g/mol. The van der Waals surface area contributed by atoms with Crippen molar-refractivity contribution in [3.63, 3.8) is 0 Å². The molecule has 0 bridgehead atoms. The van der Waals surface area contributed by atoms with Crippen LogP contribution in [0.4, 0.5) is 0 Å². The van der Waals surface area contributed by atoms with Crippen LogP contribution in [-0.2, 0) is 19.6 Å². The van der Waals surface area contributed by atoms with E-state index < -0.39 is 10.0 Å². The summed E-state index contributed by atoms with van der Waals surface area (Å²) in [5.74, 6) is 1.12. The first-order valence-corrected chi connectivity index (χ1v) is 13.9. The quantitative estimate of drug-likeness (QED) is 0.441. The van der Waals surface area contributed by atoms with Crippen molar-refractivity contribution < 1.29 is 22.7 Å². The summed E-state index contributed by atoms with van der Waals surface area (Å²) in [6, 6.07) is 3.44. The van der Waals surface area contributed by atoms with Crippen LogP contribution >= 0.6 is 0 Å². The zero-order valence-electron chi connectivity index (χ0n) is 22.0. The number of nitrogens with zero attached hydrogens (tertiary/aromatic N) is 4. The molecule has 9 nitrogen and oxygen atoms in total. The van der Waals surface area contributed by atoms with Crippen LogP contribution in [0.3, 0.4) is 0 Å². The van der Waals surface area contributed by atoms with Gasteiger partial charge in [0.15, 0.2) is 0 Å². The molecule has 1 atom stereocenters. The average Bonchev–Trinajstić information content (AvgIpc) is 2.82. The highest BCUT2D eigenvalue weighted by Gasteiger charge is 2.27. The normalized spacial score (nSPS) is 20.4. The van der Waals surface area contributed by atoms with Crippen LogP contribution in [0.5, 0.6) is 5.75 Å². The lowest BCUT2D eigenvalue weighted by molar-refractivity contribution is -0.138. The Labute approximate surface area is 211 Å². The van der Waals surface area contributed by atoms with Crippen molar-refractivity contribution in [1.82, 2.24) is 19.0 Å². The Morgan fingerprint density at radius 3 is 2.40 bits per heavy atom. The smallest absolute Gasteiger partial charge is 0.248 e. The minimum atomic E-state index is -3.68. The second-order valence-electron chi connectivity index (χ2n) is 9.92. The van der Waals surface area contributed by atoms with E-state index in [0.29, 0.717) is 22.8 Å². The number of ether oxygens (including phenoxy) is 2. The Morgan fingerprint density at radius 2 is 1.77 bits per heavy atom. The van der Waals surface area contributed by atoms with Gasteiger partial charge in [0.1, 0.15) is 12.4 Å². The summed E-state index contributed by atoms with van der Waals surface area (Å²) in [6.45, 7) is 10.8. The summed E-state index contributed by atoms with van der Waals surface area (Å²) in [5.41, 5.74) is 1.28. The summed E-state index contributed by atoms with van der Waals surface area (Å²) < 4.78 is 38.4. The molecule has 2 saturated heterocycles. The highest BCUT2D eigenvalue weighted by Crippen LogP contribution is 2.27. The van der Waals surface area contributed by atoms with E-state index in [1.54, 1.807) is 33.1 Å². The van der Waals surface area contributed by atoms with E-state index in [2.05, 4.69) is 16.8 Å². The predicted octanol–water partition coefficient (Wildman–Crippen LogP) is 1.44. The topological polar surface area (TPSA) is 82.6 Å². The van der Waals surface area contributed by atoms with Crippen molar-refractivity contribution in [2.75, 3.05) is 86.8 Å². The summed E-state index contributed by atoms with van der Waals surface area (Å²) in [4.78, 5) is 19.8. The van der Waals surface area contributed by atoms with Crippen LogP contribution in [0.1, 0.15) is 24.0 Å². The van der Waals surface area contributed by atoms with Crippen molar-refractivity contribution in [2.45, 2.75) is 31.6 Å². The highest BCUT2D eigenvalue weighted by molar-refractivity contribution is 7.89. The lowest BCUT2D eigenvalue weighted by atomic mass is 9.97. The second-order valence-corrected chi connectivity index (χ2v) is 11.9. The van der Waals surface area contributed by atoms with Gasteiger partial charge in [-0.05, 0) is 62.9 Å². The van der Waals surface area contributed by atoms with E-state index in [9.17, 15) is 13.2 Å². The third-order valence-corrected chi connectivity index (χ3v) is 9.26. The van der Waals surface area contributed by atoms with E-state index in [4.69, 9.17) is 9.47 Å². The number of piperidine rings is 1. The molecule has 2 heterocycles. The Kier molecular flexibility index (Phi) is 9.94. The van der Waals surface area contributed by atoms with Crippen LogP contribution in [0.2, 0.25) is 0 Å². The van der Waals surface area contributed by atoms with Crippen molar-refractivity contribution in [2.24, 2.45) is 5.92 Å². The van der Waals surface area contributed by atoms with Gasteiger partial charge in [-0.1, -0.05) is 0 Å². The van der Waals surface area contributed by atoms with Gasteiger partial charge in [0.25, 0.3) is 0 Å². The second kappa shape index (κ2) is 12.5. The van der Waals surface area contributed by atoms with E-state index in [-0.39, 0.29) is 30.6 Å². The van der Waals surface area contributed by atoms with Gasteiger partial charge in [0, 0.05) is 59.4 Å². The zero-order valence-corrected chi connectivity index (χ0v) is 22.8. The zero-order chi connectivity index (χ0) is 25.6. The fourth-order valence-corrected chi connectivity index (χ4v) is 6.55. The third-order valence-electron chi connectivity index (χ3n) is 7.10. The molecule has 1 aromatic rings. The van der Waals surface area contributed by atoms with Gasteiger partial charge in [-0.3, -0.25) is 4.79 Å². The van der Waals surface area contributed by atoms with Crippen LogP contribution in [0.25, 0.3) is 0 Å². The standard InChI is InChI=1S/C25H42N4O5S/c1-20-15-23(33-5)16-21(2)25(20)35(31,32)27(4)13-14-34-19-24(30)29-8-6-7-22(18-29)17-28-11-9-26(3)10-12-28/h15-16,22H,6-14,17-19H2,1-5H3/t22-/m0/s1. The predicted molar refractivity (Wildman–Crippen MR) is 136 cm³/mol. The van der Waals surface area contributed by atoms with E-state index >= 15 is 0 Å². The fourth-order valence-electron chi connectivity index (χ4n) is 4.99. The molecule has 0 unspecified atom stereocenters. The number of piperazine rings is 1. The van der Waals surface area contributed by atoms with Crippen molar-refractivity contribution >= 4 is 15.9 Å². The maximum atomic E-state index is 13.1. The highest BCUT2D eigenvalue weighted by atomic mass is 32.2. The molecular weight excluding hydrogens is 468 g/mol. The molecule has 35 heavy (non-hydrogen) atoms. The first-order chi connectivity index (χ1) is 16.6. The minimum Gasteiger partial charge on any atom is -0.497 e. The van der Waals surface area contributed by atoms with Crippen molar-refractivity contribution in [1.29, 1.82) is 0 Å². The van der Waals surface area contributed by atoms with Crippen LogP contribution in [0, 0.1) is 19.8 Å². The number of rotatable bonds is 10. The molecule has 198 valence electrons. The maximum Gasteiger partial charge on any atom is 0.248 e. The number of benzene rings is 1. The molecule has 0 saturated carbocycles. The summed E-state index contributed by atoms with van der Waals surface area (Å²) in [6.07, 6.45) is 2.18. The van der Waals surface area contributed by atoms with Gasteiger partial charge < -0.3 is 24.2 Å². The number of methoxy groups -OCH3 is 1. The lowest BCUT2D eigenvalue weighted by Gasteiger charge is -2.38. The first kappa shape index (κ1) is 27.9. The number of likely N-dealkylation sites (tertiary alicyclic amines) is 1. The SMILES string of the molecule is COc1cc(C)c(S(=O)(=O)N(C)CCOCC(=O)N2CCC[C@@H](CN3CCN(C)CC3)C2)c(C)c1. The number of sulfonamides is 1. The van der Waals surface area contributed by atoms with Gasteiger partial charge >= 0.3 is 0 Å². The van der Waals surface area contributed by atoms with Crippen LogP contribution < -0.4 is 4.74 Å². The molecule has 2 aliphatic rings. The molecule has 3 rings (SSSR count). The molecule has 0 aromatic heterocycles. The van der Waals surface area contributed by atoms with Gasteiger partial charge in [-0.2, -0.15) is 4.31 Å². The number of hydrogen-bond donors (Lipinski definition) is 0. The Morgan fingerprint density at radius 1 is 1.11 bits per heavy atom.